The van der Waals surface area contributed by atoms with Gasteiger partial charge in [-0.15, -0.1) is 0 Å². The van der Waals surface area contributed by atoms with Crippen LogP contribution in [0.25, 0.3) is 10.9 Å². The number of nitrogens with two attached hydrogens (primary N) is 2. The van der Waals surface area contributed by atoms with Crippen LogP contribution in [-0.2, 0) is 0 Å². The molecule has 1 aromatic heterocycles. The Kier molecular flexibility index (Phi) is 7.07. The van der Waals surface area contributed by atoms with Gasteiger partial charge in [0.25, 0.3) is 5.91 Å². The Morgan fingerprint density at radius 3 is 2.77 bits per heavy atom. The van der Waals surface area contributed by atoms with Crippen LogP contribution < -0.4 is 22.1 Å². The van der Waals surface area contributed by atoms with Gasteiger partial charge in [-0.3, -0.25) is 4.79 Å². The summed E-state index contributed by atoms with van der Waals surface area (Å²) in [6.45, 7) is 6.83. The maximum absolute atomic E-state index is 12.7. The number of carbonyl (C=O) groups is 1. The van der Waals surface area contributed by atoms with Crippen molar-refractivity contribution < 1.29 is 4.79 Å². The molecular weight excluding hydrogens is 378 g/mol. The third kappa shape index (κ3) is 5.37. The normalized spacial score (nSPS) is 19.8. The first-order chi connectivity index (χ1) is 14.4. The maximum Gasteiger partial charge on any atom is 0.289 e. The van der Waals surface area contributed by atoms with Crippen LogP contribution in [0.5, 0.6) is 0 Å². The van der Waals surface area contributed by atoms with Crippen LogP contribution >= 0.6 is 0 Å². The summed E-state index contributed by atoms with van der Waals surface area (Å²) < 4.78 is 0. The Morgan fingerprint density at radius 2 is 2.03 bits per heavy atom. The van der Waals surface area contributed by atoms with Gasteiger partial charge in [0.1, 0.15) is 5.82 Å². The van der Waals surface area contributed by atoms with E-state index in [1.165, 1.54) is 0 Å². The Bertz CT molecular complexity index is 923. The Hall–Kier alpha value is -2.90. The number of rotatable bonds is 7. The molecule has 2 aromatic rings. The van der Waals surface area contributed by atoms with Crippen molar-refractivity contribution in [3.05, 3.63) is 29.6 Å². The fraction of sp³-hybridized carbons (Fsp3) is 0.545. The number of hydrogen-bond donors (Lipinski definition) is 4. The van der Waals surface area contributed by atoms with Gasteiger partial charge in [-0.05, 0) is 37.8 Å². The SMILES string of the molecule is CC[C@H](C)CNC(=O)c1nc(N[C@H]2CCCC[C@H]2N=C(N)N)c2cc(C)ccc2n1. The monoisotopic (exact) mass is 411 g/mol. The highest BCUT2D eigenvalue weighted by Crippen LogP contribution is 2.28. The summed E-state index contributed by atoms with van der Waals surface area (Å²) in [7, 11) is 0. The molecule has 1 fully saturated rings. The van der Waals surface area contributed by atoms with Gasteiger partial charge in [-0.25, -0.2) is 15.0 Å². The molecule has 3 rings (SSSR count). The van der Waals surface area contributed by atoms with Crippen molar-refractivity contribution in [2.75, 3.05) is 11.9 Å². The maximum atomic E-state index is 12.7. The molecule has 1 aliphatic carbocycles. The van der Waals surface area contributed by atoms with Crippen molar-refractivity contribution in [2.24, 2.45) is 22.4 Å². The molecule has 0 unspecified atom stereocenters. The van der Waals surface area contributed by atoms with Gasteiger partial charge in [-0.1, -0.05) is 44.7 Å². The first kappa shape index (κ1) is 21.8. The Labute approximate surface area is 177 Å². The fourth-order valence-corrected chi connectivity index (χ4v) is 3.75. The molecule has 0 spiro atoms. The van der Waals surface area contributed by atoms with E-state index in [4.69, 9.17) is 11.5 Å². The van der Waals surface area contributed by atoms with E-state index in [0.717, 1.165) is 48.6 Å². The van der Waals surface area contributed by atoms with Gasteiger partial charge in [0.05, 0.1) is 17.6 Å². The number of aryl methyl sites for hydroxylation is 1. The minimum Gasteiger partial charge on any atom is -0.370 e. The molecule has 0 aliphatic heterocycles. The van der Waals surface area contributed by atoms with Crippen molar-refractivity contribution in [3.8, 4) is 0 Å². The number of fused-ring (bicyclic) bond motifs is 1. The van der Waals surface area contributed by atoms with Crippen molar-refractivity contribution in [3.63, 3.8) is 0 Å². The van der Waals surface area contributed by atoms with E-state index >= 15 is 0 Å². The summed E-state index contributed by atoms with van der Waals surface area (Å²) in [5.74, 6) is 1.07. The predicted molar refractivity (Wildman–Crippen MR) is 122 cm³/mol. The van der Waals surface area contributed by atoms with E-state index in [2.05, 4.69) is 39.4 Å². The number of nitrogens with zero attached hydrogens (tertiary/aromatic N) is 3. The molecular formula is C22H33N7O. The van der Waals surface area contributed by atoms with Crippen LogP contribution in [0.1, 0.15) is 62.1 Å². The molecule has 1 saturated carbocycles. The topological polar surface area (TPSA) is 131 Å². The number of carbonyl (C=O) groups excluding carboxylic acids is 1. The van der Waals surface area contributed by atoms with Gasteiger partial charge >= 0.3 is 0 Å². The summed E-state index contributed by atoms with van der Waals surface area (Å²) in [6.07, 6.45) is 5.04. The van der Waals surface area contributed by atoms with E-state index in [9.17, 15) is 4.79 Å². The summed E-state index contributed by atoms with van der Waals surface area (Å²) >= 11 is 0. The third-order valence-corrected chi connectivity index (χ3v) is 5.73. The molecule has 1 heterocycles. The van der Waals surface area contributed by atoms with Crippen LogP contribution in [0.3, 0.4) is 0 Å². The highest BCUT2D eigenvalue weighted by atomic mass is 16.2. The molecule has 0 bridgehead atoms. The summed E-state index contributed by atoms with van der Waals surface area (Å²) in [4.78, 5) is 26.2. The van der Waals surface area contributed by atoms with E-state index in [1.54, 1.807) is 0 Å². The van der Waals surface area contributed by atoms with Crippen molar-refractivity contribution >= 4 is 28.6 Å². The van der Waals surface area contributed by atoms with Gasteiger partial charge in [0.2, 0.25) is 5.82 Å². The molecule has 162 valence electrons. The van der Waals surface area contributed by atoms with Crippen molar-refractivity contribution in [1.82, 2.24) is 15.3 Å². The zero-order chi connectivity index (χ0) is 21.7. The number of aromatic nitrogens is 2. The Morgan fingerprint density at radius 1 is 1.27 bits per heavy atom. The standard InChI is InChI=1S/C22H33N7O/c1-4-13(2)12-25-21(30)20-26-16-10-9-14(3)11-15(16)19(29-20)27-17-7-5-6-8-18(17)28-22(23)24/h9-11,13,17-18H,4-8,12H2,1-3H3,(H,25,30)(H4,23,24,28)(H,26,27,29)/t13-,17-,18+/m0/s1. The summed E-state index contributed by atoms with van der Waals surface area (Å²) in [5, 5.41) is 7.36. The summed E-state index contributed by atoms with van der Waals surface area (Å²) in [6, 6.07) is 5.99. The second-order valence-corrected chi connectivity index (χ2v) is 8.30. The van der Waals surface area contributed by atoms with Gasteiger partial charge in [0, 0.05) is 11.9 Å². The second-order valence-electron chi connectivity index (χ2n) is 8.30. The smallest absolute Gasteiger partial charge is 0.289 e. The lowest BCUT2D eigenvalue weighted by molar-refractivity contribution is 0.0938. The molecule has 3 atom stereocenters. The number of anilines is 1. The first-order valence-electron chi connectivity index (χ1n) is 10.8. The number of guanidine groups is 1. The van der Waals surface area contributed by atoms with Crippen molar-refractivity contribution in [1.29, 1.82) is 0 Å². The first-order valence-corrected chi connectivity index (χ1v) is 10.8. The van der Waals surface area contributed by atoms with Crippen LogP contribution in [0.4, 0.5) is 5.82 Å². The minimum atomic E-state index is -0.259. The van der Waals surface area contributed by atoms with Gasteiger partial charge in [0.15, 0.2) is 5.96 Å². The highest BCUT2D eigenvalue weighted by Gasteiger charge is 2.26. The number of aliphatic imine (C=N–C) groups is 1. The largest absolute Gasteiger partial charge is 0.370 e. The number of nitrogens with one attached hydrogen (secondary N) is 2. The lowest BCUT2D eigenvalue weighted by Gasteiger charge is -2.30. The Balaban J connectivity index is 1.94. The van der Waals surface area contributed by atoms with Crippen molar-refractivity contribution in [2.45, 2.75) is 65.0 Å². The second kappa shape index (κ2) is 9.73. The third-order valence-electron chi connectivity index (χ3n) is 5.73. The lowest BCUT2D eigenvalue weighted by atomic mass is 9.90. The molecule has 1 amide bonds. The minimum absolute atomic E-state index is 0.0127. The molecule has 6 N–H and O–H groups in total. The van der Waals surface area contributed by atoms with E-state index in [1.807, 2.05) is 25.1 Å². The number of benzene rings is 1. The fourth-order valence-electron chi connectivity index (χ4n) is 3.75. The number of amides is 1. The van der Waals surface area contributed by atoms with Crippen LogP contribution in [0.15, 0.2) is 23.2 Å². The average Bonchev–Trinajstić information content (AvgIpc) is 2.72. The average molecular weight is 412 g/mol. The molecule has 8 heteroatoms. The lowest BCUT2D eigenvalue weighted by Crippen LogP contribution is -2.38. The quantitative estimate of drug-likeness (QED) is 0.409. The molecule has 30 heavy (non-hydrogen) atoms. The van der Waals surface area contributed by atoms with Crippen LogP contribution in [0, 0.1) is 12.8 Å². The predicted octanol–water partition coefficient (Wildman–Crippen LogP) is 2.71. The van der Waals surface area contributed by atoms with E-state index < -0.39 is 0 Å². The summed E-state index contributed by atoms with van der Waals surface area (Å²) in [5.41, 5.74) is 13.1. The molecule has 1 aromatic carbocycles. The van der Waals surface area contributed by atoms with Gasteiger partial charge in [-0.2, -0.15) is 0 Å². The van der Waals surface area contributed by atoms with Gasteiger partial charge < -0.3 is 22.1 Å². The molecule has 0 radical (unpaired) electrons. The van der Waals surface area contributed by atoms with Crippen LogP contribution in [0.2, 0.25) is 0 Å². The van der Waals surface area contributed by atoms with Crippen LogP contribution in [-0.4, -0.2) is 40.5 Å². The highest BCUT2D eigenvalue weighted by molar-refractivity contribution is 5.96. The zero-order valence-corrected chi connectivity index (χ0v) is 18.1. The zero-order valence-electron chi connectivity index (χ0n) is 18.1. The molecule has 8 nitrogen and oxygen atoms in total. The number of hydrogen-bond acceptors (Lipinski definition) is 5. The molecule has 0 saturated heterocycles. The van der Waals surface area contributed by atoms with E-state index in [0.29, 0.717) is 18.3 Å². The van der Waals surface area contributed by atoms with E-state index in [-0.39, 0.29) is 29.8 Å². The molecule has 1 aliphatic rings.